The lowest BCUT2D eigenvalue weighted by Gasteiger charge is -2.45. The Labute approximate surface area is 332 Å². The smallest absolute Gasteiger partial charge is 0.300 e. The monoisotopic (exact) mass is 797 g/mol. The van der Waals surface area contributed by atoms with Gasteiger partial charge >= 0.3 is 12.4 Å². The molecule has 0 amide bonds. The summed E-state index contributed by atoms with van der Waals surface area (Å²) in [6, 6.07) is 31.4. The van der Waals surface area contributed by atoms with Crippen LogP contribution in [0.3, 0.4) is 0 Å². The minimum atomic E-state index is -5.22. The molecule has 0 saturated heterocycles. The van der Waals surface area contributed by atoms with Gasteiger partial charge in [0, 0.05) is 21.6 Å². The van der Waals surface area contributed by atoms with Gasteiger partial charge < -0.3 is 4.90 Å². The normalized spacial score (nSPS) is 15.1. The quantitative estimate of drug-likeness (QED) is 0.0993. The Morgan fingerprint density at radius 2 is 1.10 bits per heavy atom. The third kappa shape index (κ3) is 4.93. The minimum absolute atomic E-state index is 0.104. The molecule has 2 heterocycles. The van der Waals surface area contributed by atoms with Gasteiger partial charge in [-0.05, 0) is 107 Å². The summed E-state index contributed by atoms with van der Waals surface area (Å²) in [5.41, 5.74) is 0.578. The molecule has 0 N–H and O–H groups in total. The molecular formula is C48H29F6NO2S. The van der Waals surface area contributed by atoms with Crippen LogP contribution in [0.15, 0.2) is 121 Å². The molecule has 0 bridgehead atoms. The average Bonchev–Trinajstić information content (AvgIpc) is 3.80. The lowest BCUT2D eigenvalue weighted by Crippen LogP contribution is -2.37. The number of Topliss-reactive ketones (excluding diaryl/α,β-unsaturated/α-hetero) is 2. The molecule has 3 nitrogen and oxygen atoms in total. The van der Waals surface area contributed by atoms with Gasteiger partial charge in [0.25, 0.3) is 0 Å². The number of fused-ring (bicyclic) bond motifs is 11. The van der Waals surface area contributed by atoms with Crippen molar-refractivity contribution in [1.29, 1.82) is 0 Å². The van der Waals surface area contributed by atoms with E-state index in [4.69, 9.17) is 0 Å². The molecule has 10 heteroatoms. The summed E-state index contributed by atoms with van der Waals surface area (Å²) in [4.78, 5) is 29.9. The fourth-order valence-electron chi connectivity index (χ4n) is 9.53. The van der Waals surface area contributed by atoms with E-state index in [-0.39, 0.29) is 28.3 Å². The zero-order valence-electron chi connectivity index (χ0n) is 31.0. The number of hydrogen-bond acceptors (Lipinski definition) is 4. The van der Waals surface area contributed by atoms with Gasteiger partial charge in [0.15, 0.2) is 11.6 Å². The van der Waals surface area contributed by atoms with Gasteiger partial charge in [-0.25, -0.2) is 0 Å². The van der Waals surface area contributed by atoms with Crippen LogP contribution in [0, 0.1) is 20.8 Å². The van der Waals surface area contributed by atoms with E-state index in [0.717, 1.165) is 33.7 Å². The zero-order valence-corrected chi connectivity index (χ0v) is 31.8. The van der Waals surface area contributed by atoms with Gasteiger partial charge in [0.05, 0.1) is 33.5 Å². The number of thiophene rings is 1. The summed E-state index contributed by atoms with van der Waals surface area (Å²) in [7, 11) is 0. The van der Waals surface area contributed by atoms with Crippen LogP contribution in [0.25, 0.3) is 28.0 Å². The van der Waals surface area contributed by atoms with Gasteiger partial charge in [-0.1, -0.05) is 90.5 Å². The number of anilines is 3. The standard InChI is InChI=1S/C48H29F6NO2S/c1-24-16-25(2)41(26(3)17-24)55-42-38(20-29(47(49,50)51)21-39(42)48(52,53)54)46(36-14-8-6-12-31(36)32-13-7-9-15-37(32)46)40-23-30(58-45(40)55)22-35-43(56)33-18-27-10-4-5-11-28(27)19-34(33)44(35)57/h4-23H,1-3H3. The summed E-state index contributed by atoms with van der Waals surface area (Å²) in [5, 5.41) is 1.89. The van der Waals surface area contributed by atoms with Crippen LogP contribution in [0.5, 0.6) is 0 Å². The van der Waals surface area contributed by atoms with Crippen LogP contribution in [-0.4, -0.2) is 11.6 Å². The number of carbonyl (C=O) groups is 2. The number of nitrogens with zero attached hydrogens (tertiary/aromatic N) is 1. The predicted molar refractivity (Wildman–Crippen MR) is 215 cm³/mol. The molecule has 1 aromatic heterocycles. The van der Waals surface area contributed by atoms with Crippen molar-refractivity contribution in [3.05, 3.63) is 187 Å². The third-order valence-electron chi connectivity index (χ3n) is 11.7. The maximum Gasteiger partial charge on any atom is 0.418 e. The van der Waals surface area contributed by atoms with Gasteiger partial charge in [0.1, 0.15) is 5.00 Å². The Bertz CT molecular complexity index is 2900. The van der Waals surface area contributed by atoms with Crippen LogP contribution >= 0.6 is 11.3 Å². The SMILES string of the molecule is Cc1cc(C)c(N2c3sc(C=C4C(=O)c5cc6ccccc6cc5C4=O)cc3C3(c4ccccc4-c4ccccc43)c3cc(C(F)(F)F)cc(C(F)(F)F)c32)c(C)c1. The van der Waals surface area contributed by atoms with E-state index < -0.39 is 46.1 Å². The van der Waals surface area contributed by atoms with Crippen molar-refractivity contribution < 1.29 is 35.9 Å². The molecule has 58 heavy (non-hydrogen) atoms. The molecule has 7 aromatic rings. The highest BCUT2D eigenvalue weighted by molar-refractivity contribution is 7.17. The Balaban J connectivity index is 1.34. The lowest BCUT2D eigenvalue weighted by atomic mass is 9.65. The Kier molecular flexibility index (Phi) is 7.55. The second-order valence-electron chi connectivity index (χ2n) is 15.2. The molecule has 0 unspecified atom stereocenters. The van der Waals surface area contributed by atoms with Crippen molar-refractivity contribution in [2.24, 2.45) is 0 Å². The molecule has 1 spiro atoms. The maximum atomic E-state index is 15.7. The highest BCUT2D eigenvalue weighted by Crippen LogP contribution is 2.67. The molecular weight excluding hydrogens is 769 g/mol. The van der Waals surface area contributed by atoms with Gasteiger partial charge in [-0.3, -0.25) is 9.59 Å². The first-order valence-electron chi connectivity index (χ1n) is 18.5. The first-order valence-corrected chi connectivity index (χ1v) is 19.3. The van der Waals surface area contributed by atoms with Gasteiger partial charge in [-0.2, -0.15) is 26.3 Å². The van der Waals surface area contributed by atoms with E-state index in [1.54, 1.807) is 68.4 Å². The van der Waals surface area contributed by atoms with Crippen molar-refractivity contribution in [2.75, 3.05) is 4.90 Å². The van der Waals surface area contributed by atoms with E-state index in [1.807, 2.05) is 55.5 Å². The average molecular weight is 798 g/mol. The number of hydrogen-bond donors (Lipinski definition) is 0. The fourth-order valence-corrected chi connectivity index (χ4v) is 10.7. The number of ketones is 2. The number of allylic oxidation sites excluding steroid dienone is 1. The van der Waals surface area contributed by atoms with E-state index in [0.29, 0.717) is 54.5 Å². The largest absolute Gasteiger partial charge is 0.418 e. The fraction of sp³-hybridized carbons (Fsp3) is 0.125. The van der Waals surface area contributed by atoms with E-state index >= 15 is 13.2 Å². The summed E-state index contributed by atoms with van der Waals surface area (Å²) < 4.78 is 91.8. The maximum absolute atomic E-state index is 15.7. The number of benzene rings is 6. The molecule has 1 aliphatic heterocycles. The Morgan fingerprint density at radius 3 is 1.64 bits per heavy atom. The van der Waals surface area contributed by atoms with E-state index in [2.05, 4.69) is 0 Å². The van der Waals surface area contributed by atoms with Gasteiger partial charge in [0.2, 0.25) is 0 Å². The number of carbonyl (C=O) groups excluding carboxylic acids is 2. The van der Waals surface area contributed by atoms with E-state index in [9.17, 15) is 22.8 Å². The molecule has 0 atom stereocenters. The lowest BCUT2D eigenvalue weighted by molar-refractivity contribution is -0.142. The van der Waals surface area contributed by atoms with Crippen LogP contribution in [0.2, 0.25) is 0 Å². The van der Waals surface area contributed by atoms with Crippen LogP contribution in [0.1, 0.15) is 75.7 Å². The van der Waals surface area contributed by atoms with Crippen molar-refractivity contribution in [3.63, 3.8) is 0 Å². The molecule has 3 aliphatic rings. The molecule has 2 aliphatic carbocycles. The van der Waals surface area contributed by atoms with Crippen molar-refractivity contribution >= 4 is 56.1 Å². The highest BCUT2D eigenvalue weighted by Gasteiger charge is 2.56. The molecule has 10 rings (SSSR count). The summed E-state index contributed by atoms with van der Waals surface area (Å²) in [6.07, 6.45) is -8.86. The highest BCUT2D eigenvalue weighted by atomic mass is 32.1. The topological polar surface area (TPSA) is 37.4 Å². The molecule has 286 valence electrons. The van der Waals surface area contributed by atoms with Gasteiger partial charge in [-0.15, -0.1) is 11.3 Å². The number of aryl methyl sites for hydroxylation is 3. The van der Waals surface area contributed by atoms with E-state index in [1.165, 1.54) is 11.0 Å². The molecule has 0 radical (unpaired) electrons. The second kappa shape index (κ2) is 12.1. The zero-order chi connectivity index (χ0) is 40.6. The number of rotatable bonds is 2. The molecule has 0 fully saturated rings. The molecule has 6 aromatic carbocycles. The van der Waals surface area contributed by atoms with Crippen LogP contribution in [0.4, 0.5) is 42.7 Å². The summed E-state index contributed by atoms with van der Waals surface area (Å²) in [6.45, 7) is 5.40. The Morgan fingerprint density at radius 1 is 0.569 bits per heavy atom. The molecule has 0 saturated carbocycles. The van der Waals surface area contributed by atoms with Crippen molar-refractivity contribution in [1.82, 2.24) is 0 Å². The Hall–Kier alpha value is -6.26. The predicted octanol–water partition coefficient (Wildman–Crippen LogP) is 13.5. The third-order valence-corrected chi connectivity index (χ3v) is 12.7. The summed E-state index contributed by atoms with van der Waals surface area (Å²) >= 11 is 1.09. The second-order valence-corrected chi connectivity index (χ2v) is 16.2. The first kappa shape index (κ1) is 36.1. The first-order chi connectivity index (χ1) is 27.6. The number of alkyl halides is 6. The van der Waals surface area contributed by atoms with Crippen LogP contribution < -0.4 is 4.90 Å². The summed E-state index contributed by atoms with van der Waals surface area (Å²) in [5.74, 6) is -0.967. The number of halogens is 6. The van der Waals surface area contributed by atoms with Crippen LogP contribution in [-0.2, 0) is 17.8 Å². The minimum Gasteiger partial charge on any atom is -0.300 e. The van der Waals surface area contributed by atoms with Crippen molar-refractivity contribution in [2.45, 2.75) is 38.5 Å². The van der Waals surface area contributed by atoms with Crippen molar-refractivity contribution in [3.8, 4) is 11.1 Å².